The monoisotopic (exact) mass is 843 g/mol. The highest BCUT2D eigenvalue weighted by Gasteiger charge is 2.31. The Morgan fingerprint density at radius 3 is 1.38 bits per heavy atom. The lowest BCUT2D eigenvalue weighted by molar-refractivity contribution is -0.887. The molecule has 0 aliphatic heterocycles. The van der Waals surface area contributed by atoms with Gasteiger partial charge in [0.15, 0.2) is 12.1 Å². The molecular weight excluding hydrogens is 751 g/mol. The molecule has 0 aliphatic rings. The number of carboxylic acid groups (broad SMARTS) is 1. The van der Waals surface area contributed by atoms with Gasteiger partial charge in [-0.2, -0.15) is 0 Å². The smallest absolute Gasteiger partial charge is 0.362 e. The van der Waals surface area contributed by atoms with Gasteiger partial charge < -0.3 is 23.8 Å². The summed E-state index contributed by atoms with van der Waals surface area (Å²) < 4.78 is 17.3. The highest BCUT2D eigenvalue weighted by Crippen LogP contribution is 2.15. The highest BCUT2D eigenvalue weighted by atomic mass is 16.6. The normalized spacial score (nSPS) is 13.4. The van der Waals surface area contributed by atoms with Gasteiger partial charge in [-0.3, -0.25) is 9.59 Å². The number of esters is 2. The van der Waals surface area contributed by atoms with E-state index in [9.17, 15) is 19.5 Å². The third kappa shape index (κ3) is 40.4. The molecular formula is C52H92NO7+. The van der Waals surface area contributed by atoms with Crippen molar-refractivity contribution in [3.63, 3.8) is 0 Å². The number of carbonyl (C=O) groups excluding carboxylic acids is 2. The maximum atomic E-state index is 12.7. The van der Waals surface area contributed by atoms with E-state index in [1.807, 2.05) is 21.1 Å². The molecule has 346 valence electrons. The summed E-state index contributed by atoms with van der Waals surface area (Å²) in [5, 5.41) is 9.64. The molecule has 0 aromatic rings. The van der Waals surface area contributed by atoms with Gasteiger partial charge in [-0.15, -0.1) is 0 Å². The minimum atomic E-state index is -0.877. The molecule has 0 bridgehead atoms. The molecule has 8 heteroatoms. The van der Waals surface area contributed by atoms with Crippen LogP contribution in [0.5, 0.6) is 0 Å². The Balaban J connectivity index is 4.29. The molecule has 60 heavy (non-hydrogen) atoms. The third-order valence-electron chi connectivity index (χ3n) is 10.7. The van der Waals surface area contributed by atoms with Crippen LogP contribution in [0.1, 0.15) is 200 Å². The van der Waals surface area contributed by atoms with Gasteiger partial charge in [-0.05, 0) is 57.8 Å². The van der Waals surface area contributed by atoms with Crippen molar-refractivity contribution in [2.75, 3.05) is 41.0 Å². The summed E-state index contributed by atoms with van der Waals surface area (Å²) >= 11 is 0. The summed E-state index contributed by atoms with van der Waals surface area (Å²) in [4.78, 5) is 37.1. The van der Waals surface area contributed by atoms with Gasteiger partial charge in [0.25, 0.3) is 0 Å². The van der Waals surface area contributed by atoms with Crippen molar-refractivity contribution >= 4 is 17.9 Å². The van der Waals surface area contributed by atoms with Crippen molar-refractivity contribution < 1.29 is 38.2 Å². The fourth-order valence-electron chi connectivity index (χ4n) is 6.94. The standard InChI is InChI=1S/C52H91NO7/c1-6-8-10-12-14-16-18-20-22-23-24-25-26-27-28-29-31-32-34-36-38-40-42-50(54)59-47-48(46-58-45-44-49(52(56)57)53(3,4)5)60-51(55)43-41-39-37-35-33-30-21-19-17-15-13-11-9-7-2/h8,10,14,16,20,22,24-25,27-28,48-49H,6-7,9,11-13,15,17-19,21,23,26,29-47H2,1-5H3/p+1/b10-8+,16-14+,22-20+,25-24+,28-27+. The van der Waals surface area contributed by atoms with Crippen molar-refractivity contribution in [2.24, 2.45) is 0 Å². The van der Waals surface area contributed by atoms with E-state index in [-0.39, 0.29) is 36.2 Å². The van der Waals surface area contributed by atoms with Gasteiger partial charge in [-0.1, -0.05) is 184 Å². The van der Waals surface area contributed by atoms with Crippen LogP contribution in [0.4, 0.5) is 0 Å². The zero-order chi connectivity index (χ0) is 44.2. The van der Waals surface area contributed by atoms with Crippen molar-refractivity contribution in [2.45, 2.75) is 212 Å². The minimum Gasteiger partial charge on any atom is -0.477 e. The van der Waals surface area contributed by atoms with Crippen molar-refractivity contribution in [3.05, 3.63) is 60.8 Å². The van der Waals surface area contributed by atoms with Crippen molar-refractivity contribution in [3.8, 4) is 0 Å². The highest BCUT2D eigenvalue weighted by molar-refractivity contribution is 5.72. The Bertz CT molecular complexity index is 1170. The molecule has 0 aromatic heterocycles. The first-order valence-corrected chi connectivity index (χ1v) is 24.3. The van der Waals surface area contributed by atoms with E-state index in [4.69, 9.17) is 14.2 Å². The second-order valence-corrected chi connectivity index (χ2v) is 17.3. The van der Waals surface area contributed by atoms with Crippen LogP contribution in [0, 0.1) is 0 Å². The molecule has 0 amide bonds. The number of hydrogen-bond acceptors (Lipinski definition) is 6. The molecule has 0 spiro atoms. The van der Waals surface area contributed by atoms with Gasteiger partial charge in [0, 0.05) is 19.3 Å². The lowest BCUT2D eigenvalue weighted by Gasteiger charge is -2.31. The second-order valence-electron chi connectivity index (χ2n) is 17.3. The third-order valence-corrected chi connectivity index (χ3v) is 10.7. The molecule has 2 atom stereocenters. The number of ether oxygens (including phenoxy) is 3. The number of carboxylic acids is 1. The molecule has 0 fully saturated rings. The summed E-state index contributed by atoms with van der Waals surface area (Å²) in [5.41, 5.74) is 0. The van der Waals surface area contributed by atoms with Crippen LogP contribution in [0.3, 0.4) is 0 Å². The SMILES string of the molecule is CC/C=C/C/C=C/C/C=C/C/C=C/C/C=C/CCCCCCCCC(=O)OCC(COCCC(C(=O)O)[N+](C)(C)C)OC(=O)CCCCCCCCCCCCCCCC. The number of rotatable bonds is 43. The molecule has 8 nitrogen and oxygen atoms in total. The number of carbonyl (C=O) groups is 3. The van der Waals surface area contributed by atoms with Crippen molar-refractivity contribution in [1.29, 1.82) is 0 Å². The lowest BCUT2D eigenvalue weighted by atomic mass is 10.0. The summed E-state index contributed by atoms with van der Waals surface area (Å²) in [6, 6.07) is -0.618. The Hall–Kier alpha value is -2.97. The Morgan fingerprint density at radius 1 is 0.517 bits per heavy atom. The van der Waals surface area contributed by atoms with Gasteiger partial charge in [0.1, 0.15) is 6.61 Å². The van der Waals surface area contributed by atoms with Crippen LogP contribution < -0.4 is 0 Å². The van der Waals surface area contributed by atoms with Crippen molar-refractivity contribution in [1.82, 2.24) is 0 Å². The number of hydrogen-bond donors (Lipinski definition) is 1. The topological polar surface area (TPSA) is 99.1 Å². The summed E-state index contributed by atoms with van der Waals surface area (Å²) in [7, 11) is 5.53. The number of aliphatic carboxylic acids is 1. The number of unbranched alkanes of at least 4 members (excludes halogenated alkanes) is 19. The number of allylic oxidation sites excluding steroid dienone is 10. The summed E-state index contributed by atoms with van der Waals surface area (Å²) in [5.74, 6) is -1.48. The minimum absolute atomic E-state index is 0.0564. The Morgan fingerprint density at radius 2 is 0.933 bits per heavy atom. The fraction of sp³-hybridized carbons (Fsp3) is 0.750. The molecule has 0 rings (SSSR count). The van der Waals surface area contributed by atoms with E-state index in [0.717, 1.165) is 83.5 Å². The molecule has 0 saturated carbocycles. The molecule has 2 unspecified atom stereocenters. The predicted molar refractivity (Wildman–Crippen MR) is 252 cm³/mol. The first kappa shape index (κ1) is 57.0. The van der Waals surface area contributed by atoms with Gasteiger partial charge in [0.05, 0.1) is 34.4 Å². The average molecular weight is 843 g/mol. The maximum absolute atomic E-state index is 12.7. The molecule has 0 radical (unpaired) electrons. The first-order valence-electron chi connectivity index (χ1n) is 24.3. The number of quaternary nitrogens is 1. The van der Waals surface area contributed by atoms with E-state index in [0.29, 0.717) is 19.3 Å². The largest absolute Gasteiger partial charge is 0.477 e. The zero-order valence-electron chi connectivity index (χ0n) is 39.4. The summed E-state index contributed by atoms with van der Waals surface area (Å²) in [6.45, 7) is 4.62. The van der Waals surface area contributed by atoms with Crippen LogP contribution in [-0.2, 0) is 28.6 Å². The Labute approximate surface area is 368 Å². The van der Waals surface area contributed by atoms with Gasteiger partial charge >= 0.3 is 17.9 Å². The molecule has 0 aliphatic carbocycles. The molecule has 1 N–H and O–H groups in total. The van der Waals surface area contributed by atoms with Crippen LogP contribution in [0.25, 0.3) is 0 Å². The zero-order valence-corrected chi connectivity index (χ0v) is 39.4. The number of likely N-dealkylation sites (N-methyl/N-ethyl adjacent to an activating group) is 1. The Kier molecular flexibility index (Phi) is 40.6. The summed E-state index contributed by atoms with van der Waals surface area (Å²) in [6.07, 6.45) is 52.6. The fourth-order valence-corrected chi connectivity index (χ4v) is 6.94. The van der Waals surface area contributed by atoms with E-state index in [1.54, 1.807) is 0 Å². The van der Waals surface area contributed by atoms with E-state index < -0.39 is 18.1 Å². The van der Waals surface area contributed by atoms with Crippen LogP contribution >= 0.6 is 0 Å². The van der Waals surface area contributed by atoms with Gasteiger partial charge in [-0.25, -0.2) is 4.79 Å². The quantitative estimate of drug-likeness (QED) is 0.0282. The second kappa shape index (κ2) is 42.7. The first-order chi connectivity index (χ1) is 29.1. The van der Waals surface area contributed by atoms with E-state index >= 15 is 0 Å². The maximum Gasteiger partial charge on any atom is 0.362 e. The molecule has 0 saturated heterocycles. The average Bonchev–Trinajstić information content (AvgIpc) is 3.21. The van der Waals surface area contributed by atoms with Crippen LogP contribution in [0.2, 0.25) is 0 Å². The number of nitrogens with zero attached hydrogens (tertiary/aromatic N) is 1. The van der Waals surface area contributed by atoms with E-state index in [1.165, 1.54) is 83.5 Å². The van der Waals surface area contributed by atoms with E-state index in [2.05, 4.69) is 74.6 Å². The van der Waals surface area contributed by atoms with Crippen LogP contribution in [0.15, 0.2) is 60.8 Å². The predicted octanol–water partition coefficient (Wildman–Crippen LogP) is 13.8. The van der Waals surface area contributed by atoms with Gasteiger partial charge in [0.2, 0.25) is 0 Å². The molecule has 0 heterocycles. The van der Waals surface area contributed by atoms with Crippen LogP contribution in [-0.4, -0.2) is 80.6 Å². The lowest BCUT2D eigenvalue weighted by Crippen LogP contribution is -2.50. The molecule has 0 aromatic carbocycles.